The van der Waals surface area contributed by atoms with Gasteiger partial charge in [0.05, 0.1) is 11.4 Å². The van der Waals surface area contributed by atoms with Crippen molar-refractivity contribution in [3.05, 3.63) is 42.5 Å². The maximum absolute atomic E-state index is 12.4. The lowest BCUT2D eigenvalue weighted by Gasteiger charge is -2.18. The van der Waals surface area contributed by atoms with Gasteiger partial charge in [-0.15, -0.1) is 6.58 Å². The predicted octanol–water partition coefficient (Wildman–Crippen LogP) is 0.749. The Morgan fingerprint density at radius 3 is 2.21 bits per heavy atom. The Morgan fingerprint density at radius 2 is 1.71 bits per heavy atom. The van der Waals surface area contributed by atoms with Gasteiger partial charge < -0.3 is 10.6 Å². The second kappa shape index (κ2) is 9.19. The Bertz CT molecular complexity index is 680. The third-order valence-corrected chi connectivity index (χ3v) is 5.38. The van der Waals surface area contributed by atoms with Crippen LogP contribution in [0.15, 0.2) is 41.8 Å². The highest BCUT2D eigenvalue weighted by molar-refractivity contribution is 7.89. The van der Waals surface area contributed by atoms with Crippen molar-refractivity contribution < 1.29 is 18.0 Å². The van der Waals surface area contributed by atoms with E-state index in [1.165, 1.54) is 34.6 Å². The van der Waals surface area contributed by atoms with Gasteiger partial charge in [0.15, 0.2) is 0 Å². The molecule has 1 aromatic rings. The average molecular weight is 353 g/mol. The molecule has 0 aliphatic carbocycles. The number of sulfonamides is 1. The van der Waals surface area contributed by atoms with Crippen molar-refractivity contribution in [1.82, 2.24) is 14.9 Å². The Labute approximate surface area is 142 Å². The minimum atomic E-state index is -3.55. The maximum Gasteiger partial charge on any atom is 0.251 e. The van der Waals surface area contributed by atoms with Crippen molar-refractivity contribution in [2.75, 3.05) is 26.2 Å². The maximum atomic E-state index is 12.4. The Hall–Kier alpha value is -2.19. The van der Waals surface area contributed by atoms with Gasteiger partial charge in [-0.05, 0) is 24.3 Å². The van der Waals surface area contributed by atoms with Gasteiger partial charge in [0.25, 0.3) is 5.91 Å². The lowest BCUT2D eigenvalue weighted by molar-refractivity contribution is -0.119. The first-order chi connectivity index (χ1) is 11.4. The summed E-state index contributed by atoms with van der Waals surface area (Å²) < 4.78 is 26.1. The van der Waals surface area contributed by atoms with Crippen LogP contribution < -0.4 is 10.6 Å². The van der Waals surface area contributed by atoms with Crippen molar-refractivity contribution in [2.24, 2.45) is 0 Å². The molecule has 0 aromatic heterocycles. The smallest absolute Gasteiger partial charge is 0.251 e. The van der Waals surface area contributed by atoms with E-state index in [-0.39, 0.29) is 22.9 Å². The molecule has 7 nitrogen and oxygen atoms in total. The van der Waals surface area contributed by atoms with Crippen LogP contribution in [0.25, 0.3) is 0 Å². The van der Waals surface area contributed by atoms with Crippen molar-refractivity contribution in [3.63, 3.8) is 0 Å². The Morgan fingerprint density at radius 1 is 1.12 bits per heavy atom. The van der Waals surface area contributed by atoms with Crippen LogP contribution in [-0.4, -0.2) is 50.7 Å². The zero-order valence-corrected chi connectivity index (χ0v) is 14.7. The molecule has 0 atom stereocenters. The van der Waals surface area contributed by atoms with Gasteiger partial charge in [-0.3, -0.25) is 9.59 Å². The molecule has 8 heteroatoms. The number of carbonyl (C=O) groups is 2. The molecule has 132 valence electrons. The number of rotatable bonds is 9. The number of hydrogen-bond acceptors (Lipinski definition) is 4. The first kappa shape index (κ1) is 19.9. The van der Waals surface area contributed by atoms with Crippen LogP contribution in [-0.2, 0) is 14.8 Å². The van der Waals surface area contributed by atoms with Gasteiger partial charge >= 0.3 is 0 Å². The minimum absolute atomic E-state index is 0.131. The Balaban J connectivity index is 2.75. The van der Waals surface area contributed by atoms with Gasteiger partial charge in [-0.2, -0.15) is 4.31 Å². The van der Waals surface area contributed by atoms with E-state index in [2.05, 4.69) is 17.2 Å². The third kappa shape index (κ3) is 5.17. The normalized spacial score (nSPS) is 11.1. The largest absolute Gasteiger partial charge is 0.351 e. The summed E-state index contributed by atoms with van der Waals surface area (Å²) in [6, 6.07) is 5.63. The van der Waals surface area contributed by atoms with Crippen LogP contribution in [0.1, 0.15) is 24.2 Å². The summed E-state index contributed by atoms with van der Waals surface area (Å²) in [5.41, 5.74) is 0.282. The monoisotopic (exact) mass is 353 g/mol. The molecular weight excluding hydrogens is 330 g/mol. The molecule has 0 fully saturated rings. The van der Waals surface area contributed by atoms with Crippen LogP contribution in [0.3, 0.4) is 0 Å². The zero-order valence-electron chi connectivity index (χ0n) is 13.9. The lowest BCUT2D eigenvalue weighted by atomic mass is 10.2. The SMILES string of the molecule is C=CCNC(=O)CNC(=O)c1ccc(S(=O)(=O)N(CC)CC)cc1. The number of amides is 2. The topological polar surface area (TPSA) is 95.6 Å². The second-order valence-electron chi connectivity index (χ2n) is 4.89. The van der Waals surface area contributed by atoms with Gasteiger partial charge in [0, 0.05) is 25.2 Å². The molecule has 0 heterocycles. The fourth-order valence-corrected chi connectivity index (χ4v) is 3.46. The molecule has 0 spiro atoms. The summed E-state index contributed by atoms with van der Waals surface area (Å²) in [5, 5.41) is 5.00. The van der Waals surface area contributed by atoms with E-state index < -0.39 is 15.9 Å². The van der Waals surface area contributed by atoms with E-state index in [0.717, 1.165) is 0 Å². The second-order valence-corrected chi connectivity index (χ2v) is 6.83. The van der Waals surface area contributed by atoms with Crippen LogP contribution in [0, 0.1) is 0 Å². The fraction of sp³-hybridized carbons (Fsp3) is 0.375. The zero-order chi connectivity index (χ0) is 18.2. The number of nitrogens with one attached hydrogen (secondary N) is 2. The molecule has 0 aliphatic heterocycles. The molecule has 0 bridgehead atoms. The predicted molar refractivity (Wildman–Crippen MR) is 92.1 cm³/mol. The molecular formula is C16H23N3O4S. The highest BCUT2D eigenvalue weighted by Gasteiger charge is 2.21. The van der Waals surface area contributed by atoms with Gasteiger partial charge in [0.2, 0.25) is 15.9 Å². The molecule has 1 rings (SSSR count). The first-order valence-corrected chi connectivity index (χ1v) is 9.06. The molecule has 2 N–H and O–H groups in total. The van der Waals surface area contributed by atoms with Crippen LogP contribution in [0.5, 0.6) is 0 Å². The van der Waals surface area contributed by atoms with E-state index in [0.29, 0.717) is 19.6 Å². The van der Waals surface area contributed by atoms with E-state index in [1.807, 2.05) is 0 Å². The summed E-state index contributed by atoms with van der Waals surface area (Å²) in [5.74, 6) is -0.778. The standard InChI is InChI=1S/C16H23N3O4S/c1-4-11-17-15(20)12-18-16(21)13-7-9-14(10-8-13)24(22,23)19(5-2)6-3/h4,7-10H,1,5-6,11-12H2,2-3H3,(H,17,20)(H,18,21). The van der Waals surface area contributed by atoms with Crippen LogP contribution in [0.2, 0.25) is 0 Å². The summed E-state index contributed by atoms with van der Waals surface area (Å²) >= 11 is 0. The number of hydrogen-bond donors (Lipinski definition) is 2. The van der Waals surface area contributed by atoms with Crippen molar-refractivity contribution in [1.29, 1.82) is 0 Å². The average Bonchev–Trinajstić information content (AvgIpc) is 2.58. The third-order valence-electron chi connectivity index (χ3n) is 3.31. The van der Waals surface area contributed by atoms with Gasteiger partial charge in [-0.1, -0.05) is 19.9 Å². The summed E-state index contributed by atoms with van der Waals surface area (Å²) in [7, 11) is -3.55. The van der Waals surface area contributed by atoms with Gasteiger partial charge in [-0.25, -0.2) is 8.42 Å². The molecule has 0 saturated heterocycles. The molecule has 0 saturated carbocycles. The van der Waals surface area contributed by atoms with E-state index >= 15 is 0 Å². The quantitative estimate of drug-likeness (QED) is 0.640. The number of nitrogens with zero attached hydrogens (tertiary/aromatic N) is 1. The minimum Gasteiger partial charge on any atom is -0.351 e. The summed E-state index contributed by atoms with van der Waals surface area (Å²) in [4.78, 5) is 23.5. The van der Waals surface area contributed by atoms with E-state index in [4.69, 9.17) is 0 Å². The van der Waals surface area contributed by atoms with Crippen molar-refractivity contribution in [2.45, 2.75) is 18.7 Å². The summed E-state index contributed by atoms with van der Waals surface area (Å²) in [6.07, 6.45) is 1.54. The highest BCUT2D eigenvalue weighted by Crippen LogP contribution is 2.16. The first-order valence-electron chi connectivity index (χ1n) is 7.62. The van der Waals surface area contributed by atoms with Crippen LogP contribution >= 0.6 is 0 Å². The summed E-state index contributed by atoms with van der Waals surface area (Å²) in [6.45, 7) is 7.92. The molecule has 0 aliphatic rings. The highest BCUT2D eigenvalue weighted by atomic mass is 32.2. The molecule has 24 heavy (non-hydrogen) atoms. The van der Waals surface area contributed by atoms with E-state index in [9.17, 15) is 18.0 Å². The van der Waals surface area contributed by atoms with Crippen molar-refractivity contribution in [3.8, 4) is 0 Å². The number of benzene rings is 1. The lowest BCUT2D eigenvalue weighted by Crippen LogP contribution is -2.37. The van der Waals surface area contributed by atoms with E-state index in [1.54, 1.807) is 13.8 Å². The van der Waals surface area contributed by atoms with Gasteiger partial charge in [0.1, 0.15) is 0 Å². The number of carbonyl (C=O) groups excluding carboxylic acids is 2. The Kier molecular flexibility index (Phi) is 7.60. The molecule has 1 aromatic carbocycles. The molecule has 2 amide bonds. The molecule has 0 radical (unpaired) electrons. The van der Waals surface area contributed by atoms with Crippen LogP contribution in [0.4, 0.5) is 0 Å². The fourth-order valence-electron chi connectivity index (χ4n) is 2.00. The van der Waals surface area contributed by atoms with Crippen molar-refractivity contribution >= 4 is 21.8 Å². The molecule has 0 unspecified atom stereocenters.